The van der Waals surface area contributed by atoms with Crippen molar-refractivity contribution < 1.29 is 14.3 Å². The van der Waals surface area contributed by atoms with Crippen molar-refractivity contribution in [1.82, 2.24) is 20.4 Å². The number of nitrogens with zero attached hydrogens (tertiary/aromatic N) is 2. The number of rotatable bonds is 9. The number of amides is 2. The Hall–Kier alpha value is -2.90. The molecule has 1 aliphatic heterocycles. The van der Waals surface area contributed by atoms with Crippen LogP contribution in [0.5, 0.6) is 5.75 Å². The quantitative estimate of drug-likeness (QED) is 0.653. The zero-order valence-electron chi connectivity index (χ0n) is 17.5. The van der Waals surface area contributed by atoms with Crippen LogP contribution >= 0.6 is 0 Å². The molecular weight excluding hydrogens is 380 g/mol. The van der Waals surface area contributed by atoms with Gasteiger partial charge in [-0.05, 0) is 17.7 Å². The van der Waals surface area contributed by atoms with Crippen LogP contribution in [0.4, 0.5) is 0 Å². The fraction of sp³-hybridized carbons (Fsp3) is 0.391. The van der Waals surface area contributed by atoms with Crippen molar-refractivity contribution >= 4 is 11.8 Å². The summed E-state index contributed by atoms with van der Waals surface area (Å²) in [5.74, 6) is -0.0279. The number of nitrogens with one attached hydrogen (secondary N) is 2. The molecule has 0 atom stereocenters. The molecule has 3 rings (SSSR count). The van der Waals surface area contributed by atoms with E-state index < -0.39 is 0 Å². The Labute approximate surface area is 178 Å². The number of ether oxygens (including phenoxy) is 1. The Morgan fingerprint density at radius 3 is 2.30 bits per heavy atom. The zero-order chi connectivity index (χ0) is 21.2. The number of carbonyl (C=O) groups excluding carboxylic acids is 2. The molecule has 2 N–H and O–H groups in total. The minimum absolute atomic E-state index is 0.0538. The van der Waals surface area contributed by atoms with E-state index in [0.29, 0.717) is 17.9 Å². The van der Waals surface area contributed by atoms with Crippen LogP contribution < -0.4 is 15.4 Å². The van der Waals surface area contributed by atoms with Crippen LogP contribution in [0.1, 0.15) is 15.9 Å². The average molecular weight is 411 g/mol. The van der Waals surface area contributed by atoms with Gasteiger partial charge in [-0.15, -0.1) is 0 Å². The molecule has 7 heteroatoms. The number of para-hydroxylation sites is 1. The normalized spacial score (nSPS) is 14.8. The van der Waals surface area contributed by atoms with Crippen molar-refractivity contribution in [1.29, 1.82) is 0 Å². The summed E-state index contributed by atoms with van der Waals surface area (Å²) in [6, 6.07) is 17.5. The summed E-state index contributed by atoms with van der Waals surface area (Å²) in [5, 5.41) is 5.52. The summed E-state index contributed by atoms with van der Waals surface area (Å²) < 4.78 is 5.18. The minimum atomic E-state index is -0.322. The van der Waals surface area contributed by atoms with Gasteiger partial charge in [0.05, 0.1) is 19.2 Å². The SMILES string of the molecule is COc1ccccc1C(=O)NCC(=O)NCCN1CCN(Cc2ccccc2)CC1. The molecule has 1 aliphatic rings. The lowest BCUT2D eigenvalue weighted by Crippen LogP contribution is -2.48. The molecule has 0 unspecified atom stereocenters. The van der Waals surface area contributed by atoms with Gasteiger partial charge in [0.15, 0.2) is 0 Å². The minimum Gasteiger partial charge on any atom is -0.496 e. The van der Waals surface area contributed by atoms with Crippen molar-refractivity contribution in [3.8, 4) is 5.75 Å². The van der Waals surface area contributed by atoms with E-state index in [-0.39, 0.29) is 18.4 Å². The van der Waals surface area contributed by atoms with E-state index in [0.717, 1.165) is 39.3 Å². The third-order valence-corrected chi connectivity index (χ3v) is 5.23. The van der Waals surface area contributed by atoms with Crippen LogP contribution in [0.3, 0.4) is 0 Å². The first-order chi connectivity index (χ1) is 14.7. The second-order valence-electron chi connectivity index (χ2n) is 7.34. The van der Waals surface area contributed by atoms with Gasteiger partial charge >= 0.3 is 0 Å². The van der Waals surface area contributed by atoms with Gasteiger partial charge in [0.1, 0.15) is 5.75 Å². The highest BCUT2D eigenvalue weighted by Crippen LogP contribution is 2.16. The third-order valence-electron chi connectivity index (χ3n) is 5.23. The number of methoxy groups -OCH3 is 1. The predicted molar refractivity (Wildman–Crippen MR) is 116 cm³/mol. The molecule has 2 aromatic carbocycles. The van der Waals surface area contributed by atoms with Crippen LogP contribution in [0.15, 0.2) is 54.6 Å². The molecule has 0 aromatic heterocycles. The molecule has 160 valence electrons. The Kier molecular flexibility index (Phi) is 8.23. The molecule has 1 heterocycles. The molecule has 0 saturated carbocycles. The van der Waals surface area contributed by atoms with Crippen molar-refractivity contribution in [3.05, 3.63) is 65.7 Å². The molecule has 1 fully saturated rings. The van der Waals surface area contributed by atoms with E-state index in [4.69, 9.17) is 4.74 Å². The molecule has 7 nitrogen and oxygen atoms in total. The number of piperazine rings is 1. The van der Waals surface area contributed by atoms with E-state index in [9.17, 15) is 9.59 Å². The van der Waals surface area contributed by atoms with E-state index in [2.05, 4.69) is 44.7 Å². The topological polar surface area (TPSA) is 73.9 Å². The maximum Gasteiger partial charge on any atom is 0.255 e. The number of benzene rings is 2. The van der Waals surface area contributed by atoms with Crippen LogP contribution in [0.25, 0.3) is 0 Å². The highest BCUT2D eigenvalue weighted by atomic mass is 16.5. The molecule has 2 amide bonds. The van der Waals surface area contributed by atoms with E-state index >= 15 is 0 Å². The van der Waals surface area contributed by atoms with Crippen LogP contribution in [0, 0.1) is 0 Å². The molecule has 2 aromatic rings. The monoisotopic (exact) mass is 410 g/mol. The van der Waals surface area contributed by atoms with Gasteiger partial charge in [0.25, 0.3) is 5.91 Å². The summed E-state index contributed by atoms with van der Waals surface area (Å²) in [6.07, 6.45) is 0. The summed E-state index contributed by atoms with van der Waals surface area (Å²) >= 11 is 0. The Bertz CT molecular complexity index is 820. The maximum atomic E-state index is 12.2. The molecule has 1 saturated heterocycles. The molecule has 30 heavy (non-hydrogen) atoms. The van der Waals surface area contributed by atoms with Crippen molar-refractivity contribution in [2.75, 3.05) is 52.9 Å². The highest BCUT2D eigenvalue weighted by molar-refractivity contribution is 5.98. The molecule has 0 bridgehead atoms. The van der Waals surface area contributed by atoms with E-state index in [1.165, 1.54) is 12.7 Å². The number of hydrogen-bond donors (Lipinski definition) is 2. The van der Waals surface area contributed by atoms with Crippen LogP contribution in [0.2, 0.25) is 0 Å². The van der Waals surface area contributed by atoms with Crippen molar-refractivity contribution in [2.24, 2.45) is 0 Å². The van der Waals surface area contributed by atoms with Gasteiger partial charge in [0, 0.05) is 45.8 Å². The first-order valence-corrected chi connectivity index (χ1v) is 10.3. The summed E-state index contributed by atoms with van der Waals surface area (Å²) in [6.45, 7) is 6.35. The lowest BCUT2D eigenvalue weighted by molar-refractivity contribution is -0.120. The molecule has 0 aliphatic carbocycles. The molecular formula is C23H30N4O3. The second kappa shape index (κ2) is 11.3. The maximum absolute atomic E-state index is 12.2. The van der Waals surface area contributed by atoms with Crippen LogP contribution in [-0.4, -0.2) is 74.5 Å². The van der Waals surface area contributed by atoms with Gasteiger partial charge in [0.2, 0.25) is 5.91 Å². The molecule has 0 spiro atoms. The predicted octanol–water partition coefficient (Wildman–Crippen LogP) is 1.36. The lowest BCUT2D eigenvalue weighted by atomic mass is 10.2. The first kappa shape index (κ1) is 21.8. The van der Waals surface area contributed by atoms with E-state index in [1.54, 1.807) is 24.3 Å². The van der Waals surface area contributed by atoms with Crippen molar-refractivity contribution in [3.63, 3.8) is 0 Å². The Balaban J connectivity index is 1.30. The van der Waals surface area contributed by atoms with Gasteiger partial charge in [-0.3, -0.25) is 19.4 Å². The third kappa shape index (κ3) is 6.57. The highest BCUT2D eigenvalue weighted by Gasteiger charge is 2.17. The largest absolute Gasteiger partial charge is 0.496 e. The van der Waals surface area contributed by atoms with Gasteiger partial charge in [-0.1, -0.05) is 42.5 Å². The molecule has 0 radical (unpaired) electrons. The summed E-state index contributed by atoms with van der Waals surface area (Å²) in [5.41, 5.74) is 1.76. The summed E-state index contributed by atoms with van der Waals surface area (Å²) in [4.78, 5) is 29.1. The Morgan fingerprint density at radius 2 is 1.57 bits per heavy atom. The lowest BCUT2D eigenvalue weighted by Gasteiger charge is -2.34. The van der Waals surface area contributed by atoms with Crippen LogP contribution in [-0.2, 0) is 11.3 Å². The standard InChI is InChI=1S/C23H30N4O3/c1-30-21-10-6-5-9-20(21)23(29)25-17-22(28)24-11-12-26-13-15-27(16-14-26)18-19-7-3-2-4-8-19/h2-10H,11-18H2,1H3,(H,24,28)(H,25,29). The average Bonchev–Trinajstić information content (AvgIpc) is 2.79. The van der Waals surface area contributed by atoms with Gasteiger partial charge in [-0.25, -0.2) is 0 Å². The van der Waals surface area contributed by atoms with Gasteiger partial charge < -0.3 is 15.4 Å². The van der Waals surface area contributed by atoms with Gasteiger partial charge in [-0.2, -0.15) is 0 Å². The zero-order valence-corrected chi connectivity index (χ0v) is 17.5. The summed E-state index contributed by atoms with van der Waals surface area (Å²) in [7, 11) is 1.51. The number of carbonyl (C=O) groups is 2. The fourth-order valence-corrected chi connectivity index (χ4v) is 3.52. The smallest absolute Gasteiger partial charge is 0.255 e. The first-order valence-electron chi connectivity index (χ1n) is 10.3. The Morgan fingerprint density at radius 1 is 0.900 bits per heavy atom. The number of hydrogen-bond acceptors (Lipinski definition) is 5. The van der Waals surface area contributed by atoms with Crippen molar-refractivity contribution in [2.45, 2.75) is 6.54 Å². The van der Waals surface area contributed by atoms with E-state index in [1.807, 2.05) is 6.07 Å². The fourth-order valence-electron chi connectivity index (χ4n) is 3.52. The second-order valence-corrected chi connectivity index (χ2v) is 7.34.